The maximum Gasteiger partial charge on any atom is 0.165 e. The lowest BCUT2D eigenvalue weighted by Crippen LogP contribution is -2.12. The Morgan fingerprint density at radius 2 is 2.13 bits per heavy atom. The van der Waals surface area contributed by atoms with E-state index in [1.807, 2.05) is 36.5 Å². The van der Waals surface area contributed by atoms with Crippen LogP contribution in [0.15, 0.2) is 47.9 Å². The predicted molar refractivity (Wildman–Crippen MR) is 62.7 cm³/mol. The Hall–Kier alpha value is -1.26. The maximum atomic E-state index is 6.05. The summed E-state index contributed by atoms with van der Waals surface area (Å²) in [4.78, 5) is 7.17. The molecule has 15 heavy (non-hydrogen) atoms. The zero-order valence-corrected chi connectivity index (χ0v) is 9.08. The molecule has 0 amide bonds. The summed E-state index contributed by atoms with van der Waals surface area (Å²) in [5.74, 6) is 0.831. The molecular formula is C11H13N3S. The van der Waals surface area contributed by atoms with E-state index in [1.165, 1.54) is 0 Å². The average Bonchev–Trinajstić information content (AvgIpc) is 2.80. The number of nitrogens with zero attached hydrogens (tertiary/aromatic N) is 1. The molecule has 0 aliphatic rings. The third-order valence-electron chi connectivity index (χ3n) is 2.10. The number of aromatic nitrogens is 2. The molecule has 4 heteroatoms. The number of imidazole rings is 1. The van der Waals surface area contributed by atoms with Gasteiger partial charge in [0, 0.05) is 24.2 Å². The summed E-state index contributed by atoms with van der Waals surface area (Å²) in [6, 6.07) is 10.2. The van der Waals surface area contributed by atoms with Crippen LogP contribution in [0.5, 0.6) is 0 Å². The van der Waals surface area contributed by atoms with Crippen LogP contribution in [0, 0.1) is 0 Å². The quantitative estimate of drug-likeness (QED) is 0.775. The molecule has 0 saturated heterocycles. The smallest absolute Gasteiger partial charge is 0.165 e. The van der Waals surface area contributed by atoms with E-state index >= 15 is 0 Å². The minimum Gasteiger partial charge on any atom is -0.340 e. The van der Waals surface area contributed by atoms with Gasteiger partial charge < -0.3 is 10.7 Å². The Kier molecular flexibility index (Phi) is 3.42. The minimum absolute atomic E-state index is 0.0568. The molecule has 1 aromatic carbocycles. The second-order valence-electron chi connectivity index (χ2n) is 3.22. The first kappa shape index (κ1) is 10.3. The van der Waals surface area contributed by atoms with Crippen LogP contribution in [0.3, 0.4) is 0 Å². The fourth-order valence-corrected chi connectivity index (χ4v) is 2.11. The first-order valence-corrected chi connectivity index (χ1v) is 5.77. The summed E-state index contributed by atoms with van der Waals surface area (Å²) >= 11 is 1.64. The second kappa shape index (κ2) is 5.00. The third kappa shape index (κ3) is 2.84. The van der Waals surface area contributed by atoms with Gasteiger partial charge in [0.25, 0.3) is 0 Å². The van der Waals surface area contributed by atoms with Gasteiger partial charge in [-0.1, -0.05) is 42.1 Å². The molecule has 0 saturated carbocycles. The monoisotopic (exact) mass is 219 g/mol. The van der Waals surface area contributed by atoms with E-state index in [2.05, 4.69) is 9.97 Å². The van der Waals surface area contributed by atoms with E-state index in [0.29, 0.717) is 0 Å². The summed E-state index contributed by atoms with van der Waals surface area (Å²) in [5.41, 5.74) is 7.21. The lowest BCUT2D eigenvalue weighted by atomic mass is 10.1. The summed E-state index contributed by atoms with van der Waals surface area (Å²) in [5, 5.41) is 0.918. The molecule has 2 aromatic rings. The van der Waals surface area contributed by atoms with Crippen LogP contribution in [-0.2, 0) is 0 Å². The van der Waals surface area contributed by atoms with Gasteiger partial charge >= 0.3 is 0 Å². The van der Waals surface area contributed by atoms with Gasteiger partial charge in [-0.25, -0.2) is 4.98 Å². The molecule has 2 rings (SSSR count). The highest BCUT2D eigenvalue weighted by atomic mass is 32.2. The van der Waals surface area contributed by atoms with E-state index in [9.17, 15) is 0 Å². The van der Waals surface area contributed by atoms with E-state index in [4.69, 9.17) is 5.73 Å². The number of hydrogen-bond acceptors (Lipinski definition) is 3. The van der Waals surface area contributed by atoms with Gasteiger partial charge in [-0.15, -0.1) is 0 Å². The molecular weight excluding hydrogens is 206 g/mol. The summed E-state index contributed by atoms with van der Waals surface area (Å²) < 4.78 is 0. The summed E-state index contributed by atoms with van der Waals surface area (Å²) in [7, 11) is 0. The van der Waals surface area contributed by atoms with E-state index in [0.717, 1.165) is 16.5 Å². The van der Waals surface area contributed by atoms with E-state index in [1.54, 1.807) is 18.0 Å². The standard InChI is InChI=1S/C11H13N3S/c12-10(9-4-2-1-3-5-9)8-15-11-13-6-7-14-11/h1-7,10H,8,12H2,(H,13,14). The van der Waals surface area contributed by atoms with Crippen molar-refractivity contribution in [2.24, 2.45) is 5.73 Å². The van der Waals surface area contributed by atoms with E-state index < -0.39 is 0 Å². The van der Waals surface area contributed by atoms with Crippen LogP contribution >= 0.6 is 11.8 Å². The summed E-state index contributed by atoms with van der Waals surface area (Å²) in [6.45, 7) is 0. The Balaban J connectivity index is 1.90. The lowest BCUT2D eigenvalue weighted by Gasteiger charge is -2.09. The van der Waals surface area contributed by atoms with Crippen molar-refractivity contribution in [3.05, 3.63) is 48.3 Å². The highest BCUT2D eigenvalue weighted by molar-refractivity contribution is 7.99. The van der Waals surface area contributed by atoms with Gasteiger partial charge in [0.2, 0.25) is 0 Å². The van der Waals surface area contributed by atoms with Crippen LogP contribution < -0.4 is 5.73 Å². The Morgan fingerprint density at radius 3 is 2.80 bits per heavy atom. The number of H-pyrrole nitrogens is 1. The van der Waals surface area contributed by atoms with Crippen molar-refractivity contribution in [3.8, 4) is 0 Å². The molecule has 1 unspecified atom stereocenters. The predicted octanol–water partition coefficient (Wildman–Crippen LogP) is 2.20. The van der Waals surface area contributed by atoms with Crippen LogP contribution in [0.2, 0.25) is 0 Å². The molecule has 1 heterocycles. The largest absolute Gasteiger partial charge is 0.340 e. The van der Waals surface area contributed by atoms with Gasteiger partial charge in [-0.05, 0) is 5.56 Å². The van der Waals surface area contributed by atoms with Crippen LogP contribution in [0.25, 0.3) is 0 Å². The van der Waals surface area contributed by atoms with Gasteiger partial charge in [0.1, 0.15) is 0 Å². The normalized spacial score (nSPS) is 12.6. The molecule has 0 radical (unpaired) electrons. The zero-order valence-electron chi connectivity index (χ0n) is 8.26. The number of hydrogen-bond donors (Lipinski definition) is 2. The molecule has 0 bridgehead atoms. The molecule has 1 atom stereocenters. The zero-order chi connectivity index (χ0) is 10.5. The second-order valence-corrected chi connectivity index (χ2v) is 4.23. The highest BCUT2D eigenvalue weighted by Crippen LogP contribution is 2.19. The lowest BCUT2D eigenvalue weighted by molar-refractivity contribution is 0.828. The minimum atomic E-state index is 0.0568. The number of aromatic amines is 1. The SMILES string of the molecule is NC(CSc1ncc[nH]1)c1ccccc1. The Morgan fingerprint density at radius 1 is 1.33 bits per heavy atom. The number of nitrogens with two attached hydrogens (primary N) is 1. The van der Waals surface area contributed by atoms with Crippen molar-refractivity contribution in [2.45, 2.75) is 11.2 Å². The molecule has 0 fully saturated rings. The van der Waals surface area contributed by atoms with Gasteiger partial charge in [-0.2, -0.15) is 0 Å². The van der Waals surface area contributed by atoms with Crippen molar-refractivity contribution in [3.63, 3.8) is 0 Å². The molecule has 3 nitrogen and oxygen atoms in total. The maximum absolute atomic E-state index is 6.05. The van der Waals surface area contributed by atoms with E-state index in [-0.39, 0.29) is 6.04 Å². The Labute approximate surface area is 93.1 Å². The van der Waals surface area contributed by atoms with Crippen molar-refractivity contribution in [2.75, 3.05) is 5.75 Å². The molecule has 3 N–H and O–H groups in total. The van der Waals surface area contributed by atoms with Crippen molar-refractivity contribution in [1.29, 1.82) is 0 Å². The first-order valence-electron chi connectivity index (χ1n) is 4.79. The molecule has 0 aliphatic heterocycles. The van der Waals surface area contributed by atoms with Gasteiger partial charge in [0.15, 0.2) is 5.16 Å². The number of benzene rings is 1. The first-order chi connectivity index (χ1) is 7.36. The van der Waals surface area contributed by atoms with Crippen LogP contribution in [0.1, 0.15) is 11.6 Å². The van der Waals surface area contributed by atoms with Crippen LogP contribution in [-0.4, -0.2) is 15.7 Å². The molecule has 0 spiro atoms. The summed E-state index contributed by atoms with van der Waals surface area (Å²) in [6.07, 6.45) is 3.56. The third-order valence-corrected chi connectivity index (χ3v) is 3.12. The Bertz CT molecular complexity index is 385. The van der Waals surface area contributed by atoms with Crippen LogP contribution in [0.4, 0.5) is 0 Å². The molecule has 78 valence electrons. The van der Waals surface area contributed by atoms with Gasteiger partial charge in [0.05, 0.1) is 0 Å². The van der Waals surface area contributed by atoms with Crippen molar-refractivity contribution >= 4 is 11.8 Å². The van der Waals surface area contributed by atoms with Crippen molar-refractivity contribution in [1.82, 2.24) is 9.97 Å². The number of rotatable bonds is 4. The fraction of sp³-hybridized carbons (Fsp3) is 0.182. The van der Waals surface area contributed by atoms with Gasteiger partial charge in [-0.3, -0.25) is 0 Å². The average molecular weight is 219 g/mol. The van der Waals surface area contributed by atoms with Crippen molar-refractivity contribution < 1.29 is 0 Å². The number of nitrogens with one attached hydrogen (secondary N) is 1. The fourth-order valence-electron chi connectivity index (χ4n) is 1.29. The molecule has 1 aromatic heterocycles. The molecule has 0 aliphatic carbocycles. The highest BCUT2D eigenvalue weighted by Gasteiger charge is 2.06. The topological polar surface area (TPSA) is 54.7 Å². The number of thioether (sulfide) groups is 1.